The highest BCUT2D eigenvalue weighted by molar-refractivity contribution is 9.10. The third-order valence-corrected chi connectivity index (χ3v) is 6.09. The van der Waals surface area contributed by atoms with Crippen molar-refractivity contribution in [3.8, 4) is 0 Å². The number of rotatable bonds is 8. The number of hydrogen-bond acceptors (Lipinski definition) is 5. The molecule has 1 aromatic carbocycles. The van der Waals surface area contributed by atoms with E-state index in [-0.39, 0.29) is 31.0 Å². The first-order valence-electron chi connectivity index (χ1n) is 7.38. The molecule has 6 nitrogen and oxygen atoms in total. The Morgan fingerprint density at radius 2 is 2.00 bits per heavy atom. The molecule has 0 spiro atoms. The second-order valence-electron chi connectivity index (χ2n) is 4.90. The van der Waals surface area contributed by atoms with E-state index in [4.69, 9.17) is 9.15 Å². The predicted octanol–water partition coefficient (Wildman–Crippen LogP) is 3.19. The van der Waals surface area contributed by atoms with Crippen LogP contribution in [0.1, 0.15) is 19.1 Å². The third-order valence-electron chi connectivity index (χ3n) is 3.24. The summed E-state index contributed by atoms with van der Waals surface area (Å²) in [6.07, 6.45) is 1.45. The number of ether oxygens (including phenoxy) is 1. The summed E-state index contributed by atoms with van der Waals surface area (Å²) < 4.78 is 37.7. The average molecular weight is 416 g/mol. The number of nitrogens with zero attached hydrogens (tertiary/aromatic N) is 1. The summed E-state index contributed by atoms with van der Waals surface area (Å²) in [5.74, 6) is 0.0544. The molecule has 0 saturated heterocycles. The molecule has 2 aromatic rings. The molecule has 0 aliphatic rings. The van der Waals surface area contributed by atoms with E-state index in [0.717, 1.165) is 0 Å². The maximum absolute atomic E-state index is 13.0. The van der Waals surface area contributed by atoms with Gasteiger partial charge < -0.3 is 9.15 Å². The molecule has 0 bridgehead atoms. The summed E-state index contributed by atoms with van der Waals surface area (Å²) in [6, 6.07) is 9.92. The molecule has 0 aliphatic carbocycles. The Balaban J connectivity index is 2.26. The lowest BCUT2D eigenvalue weighted by Crippen LogP contribution is -2.33. The molecule has 8 heteroatoms. The van der Waals surface area contributed by atoms with Gasteiger partial charge >= 0.3 is 5.97 Å². The first kappa shape index (κ1) is 18.7. The van der Waals surface area contributed by atoms with Crippen LogP contribution in [0.4, 0.5) is 0 Å². The fourth-order valence-electron chi connectivity index (χ4n) is 2.10. The summed E-state index contributed by atoms with van der Waals surface area (Å²) in [5, 5.41) is 0. The van der Waals surface area contributed by atoms with Crippen LogP contribution >= 0.6 is 15.9 Å². The Kier molecular flexibility index (Phi) is 6.59. The quantitative estimate of drug-likeness (QED) is 0.618. The van der Waals surface area contributed by atoms with Gasteiger partial charge in [0.1, 0.15) is 5.76 Å². The zero-order valence-electron chi connectivity index (χ0n) is 13.1. The number of carbonyl (C=O) groups is 1. The standard InChI is InChI=1S/C16H18BrNO5S/c1-2-22-16(19)9-10-18(12-13-6-5-11-23-13)24(20,21)15-8-4-3-7-14(15)17/h3-8,11H,2,9-10,12H2,1H3. The highest BCUT2D eigenvalue weighted by Gasteiger charge is 2.27. The van der Waals surface area contributed by atoms with E-state index in [1.165, 1.54) is 16.6 Å². The van der Waals surface area contributed by atoms with Crippen molar-refractivity contribution < 1.29 is 22.4 Å². The van der Waals surface area contributed by atoms with E-state index in [1.54, 1.807) is 37.3 Å². The number of esters is 1. The normalized spacial score (nSPS) is 11.6. The predicted molar refractivity (Wildman–Crippen MR) is 91.7 cm³/mol. The van der Waals surface area contributed by atoms with Gasteiger partial charge in [0.15, 0.2) is 0 Å². The van der Waals surface area contributed by atoms with Crippen molar-refractivity contribution in [1.29, 1.82) is 0 Å². The van der Waals surface area contributed by atoms with Gasteiger partial charge in [-0.15, -0.1) is 0 Å². The second-order valence-corrected chi connectivity index (χ2v) is 7.66. The SMILES string of the molecule is CCOC(=O)CCN(Cc1ccco1)S(=O)(=O)c1ccccc1Br. The average Bonchev–Trinajstić information content (AvgIpc) is 3.05. The lowest BCUT2D eigenvalue weighted by molar-refractivity contribution is -0.143. The van der Waals surface area contributed by atoms with Crippen LogP contribution in [0, 0.1) is 0 Å². The molecule has 1 aromatic heterocycles. The van der Waals surface area contributed by atoms with Crippen molar-refractivity contribution in [1.82, 2.24) is 4.31 Å². The van der Waals surface area contributed by atoms with Gasteiger partial charge in [0, 0.05) is 11.0 Å². The van der Waals surface area contributed by atoms with Gasteiger partial charge in [-0.2, -0.15) is 4.31 Å². The van der Waals surface area contributed by atoms with E-state index in [2.05, 4.69) is 15.9 Å². The minimum Gasteiger partial charge on any atom is -0.468 e. The highest BCUT2D eigenvalue weighted by Crippen LogP contribution is 2.26. The largest absolute Gasteiger partial charge is 0.468 e. The van der Waals surface area contributed by atoms with Crippen molar-refractivity contribution in [3.63, 3.8) is 0 Å². The number of benzene rings is 1. The van der Waals surface area contributed by atoms with Gasteiger partial charge in [0.2, 0.25) is 10.0 Å². The Morgan fingerprint density at radius 3 is 2.62 bits per heavy atom. The number of carbonyl (C=O) groups excluding carboxylic acids is 1. The Labute approximate surface area is 149 Å². The molecule has 0 amide bonds. The van der Waals surface area contributed by atoms with Crippen LogP contribution in [0.25, 0.3) is 0 Å². The molecular weight excluding hydrogens is 398 g/mol. The summed E-state index contributed by atoms with van der Waals surface area (Å²) in [5.41, 5.74) is 0. The summed E-state index contributed by atoms with van der Waals surface area (Å²) in [6.45, 7) is 2.00. The molecule has 2 rings (SSSR count). The molecule has 0 saturated carbocycles. The van der Waals surface area contributed by atoms with Crippen molar-refractivity contribution in [2.24, 2.45) is 0 Å². The molecule has 0 N–H and O–H groups in total. The summed E-state index contributed by atoms with van der Waals surface area (Å²) in [4.78, 5) is 11.7. The smallest absolute Gasteiger partial charge is 0.307 e. The Bertz CT molecular complexity index is 774. The first-order chi connectivity index (χ1) is 11.4. The fraction of sp³-hybridized carbons (Fsp3) is 0.312. The minimum atomic E-state index is -3.80. The van der Waals surface area contributed by atoms with Gasteiger partial charge in [0.25, 0.3) is 0 Å². The monoisotopic (exact) mass is 415 g/mol. The van der Waals surface area contributed by atoms with Crippen molar-refractivity contribution in [2.45, 2.75) is 24.8 Å². The lowest BCUT2D eigenvalue weighted by Gasteiger charge is -2.21. The molecule has 0 unspecified atom stereocenters. The van der Waals surface area contributed by atoms with Gasteiger partial charge in [-0.3, -0.25) is 4.79 Å². The zero-order valence-corrected chi connectivity index (χ0v) is 15.5. The van der Waals surface area contributed by atoms with Crippen LogP contribution in [0.15, 0.2) is 56.4 Å². The Morgan fingerprint density at radius 1 is 1.25 bits per heavy atom. The number of halogens is 1. The molecule has 0 fully saturated rings. The van der Waals surface area contributed by atoms with E-state index >= 15 is 0 Å². The minimum absolute atomic E-state index is 0.00318. The topological polar surface area (TPSA) is 76.8 Å². The van der Waals surface area contributed by atoms with Crippen molar-refractivity contribution in [3.05, 3.63) is 52.9 Å². The van der Waals surface area contributed by atoms with Crippen LogP contribution < -0.4 is 0 Å². The third kappa shape index (κ3) is 4.68. The molecule has 24 heavy (non-hydrogen) atoms. The second kappa shape index (κ2) is 8.46. The molecule has 0 atom stereocenters. The lowest BCUT2D eigenvalue weighted by atomic mass is 10.4. The first-order valence-corrected chi connectivity index (χ1v) is 9.61. The van der Waals surface area contributed by atoms with Gasteiger partial charge in [0.05, 0.1) is 30.7 Å². The van der Waals surface area contributed by atoms with Crippen molar-refractivity contribution in [2.75, 3.05) is 13.2 Å². The van der Waals surface area contributed by atoms with E-state index in [9.17, 15) is 13.2 Å². The Hall–Kier alpha value is -1.64. The molecular formula is C16H18BrNO5S. The summed E-state index contributed by atoms with van der Waals surface area (Å²) >= 11 is 3.26. The van der Waals surface area contributed by atoms with Gasteiger partial charge in [-0.25, -0.2) is 8.42 Å². The van der Waals surface area contributed by atoms with E-state index in [0.29, 0.717) is 10.2 Å². The number of hydrogen-bond donors (Lipinski definition) is 0. The van der Waals surface area contributed by atoms with Crippen LogP contribution in [0.3, 0.4) is 0 Å². The number of sulfonamides is 1. The maximum atomic E-state index is 13.0. The van der Waals surface area contributed by atoms with Crippen LogP contribution in [0.5, 0.6) is 0 Å². The maximum Gasteiger partial charge on any atom is 0.307 e. The van der Waals surface area contributed by atoms with E-state index < -0.39 is 16.0 Å². The molecule has 0 aliphatic heterocycles. The molecule has 130 valence electrons. The van der Waals surface area contributed by atoms with Gasteiger partial charge in [-0.1, -0.05) is 12.1 Å². The number of furan rings is 1. The van der Waals surface area contributed by atoms with Gasteiger partial charge in [-0.05, 0) is 47.1 Å². The van der Waals surface area contributed by atoms with Crippen LogP contribution in [-0.4, -0.2) is 31.8 Å². The van der Waals surface area contributed by atoms with Crippen LogP contribution in [0.2, 0.25) is 0 Å². The highest BCUT2D eigenvalue weighted by atomic mass is 79.9. The fourth-order valence-corrected chi connectivity index (χ4v) is 4.47. The summed E-state index contributed by atoms with van der Waals surface area (Å²) in [7, 11) is -3.80. The van der Waals surface area contributed by atoms with Crippen LogP contribution in [-0.2, 0) is 26.1 Å². The zero-order chi connectivity index (χ0) is 17.6. The van der Waals surface area contributed by atoms with Crippen molar-refractivity contribution >= 4 is 31.9 Å². The molecule has 1 heterocycles. The van der Waals surface area contributed by atoms with E-state index in [1.807, 2.05) is 0 Å². The molecule has 0 radical (unpaired) electrons.